The average Bonchev–Trinajstić information content (AvgIpc) is 2.88. The van der Waals surface area contributed by atoms with Gasteiger partial charge in [-0.3, -0.25) is 14.4 Å². The Labute approximate surface area is 125 Å². The minimum absolute atomic E-state index is 0.0607. The Morgan fingerprint density at radius 3 is 2.43 bits per heavy atom. The van der Waals surface area contributed by atoms with Crippen molar-refractivity contribution in [3.63, 3.8) is 0 Å². The fourth-order valence-corrected chi connectivity index (χ4v) is 2.80. The SMILES string of the molecule is CCOC(=O)C[C@H](C)[C@H](NC(=O)CC1CCCC1)C(N)=O. The first-order valence-corrected chi connectivity index (χ1v) is 7.68. The molecule has 1 saturated carbocycles. The minimum atomic E-state index is -0.830. The molecule has 1 aliphatic carbocycles. The van der Waals surface area contributed by atoms with Gasteiger partial charge in [0.2, 0.25) is 11.8 Å². The highest BCUT2D eigenvalue weighted by Crippen LogP contribution is 2.27. The Balaban J connectivity index is 2.49. The van der Waals surface area contributed by atoms with Crippen molar-refractivity contribution in [2.24, 2.45) is 17.6 Å². The van der Waals surface area contributed by atoms with E-state index >= 15 is 0 Å². The zero-order valence-corrected chi connectivity index (χ0v) is 12.9. The molecule has 1 fully saturated rings. The first-order chi connectivity index (χ1) is 9.93. The third kappa shape index (κ3) is 6.14. The molecule has 0 aromatic carbocycles. The Morgan fingerprint density at radius 2 is 1.90 bits per heavy atom. The van der Waals surface area contributed by atoms with E-state index in [4.69, 9.17) is 10.5 Å². The highest BCUT2D eigenvalue weighted by Gasteiger charge is 2.28. The predicted octanol–water partition coefficient (Wildman–Crippen LogP) is 1.13. The van der Waals surface area contributed by atoms with Gasteiger partial charge in [0.25, 0.3) is 0 Å². The molecule has 0 aliphatic heterocycles. The van der Waals surface area contributed by atoms with Gasteiger partial charge in [0.05, 0.1) is 13.0 Å². The van der Waals surface area contributed by atoms with Crippen molar-refractivity contribution < 1.29 is 19.1 Å². The van der Waals surface area contributed by atoms with Crippen LogP contribution in [0.4, 0.5) is 0 Å². The molecule has 6 nitrogen and oxygen atoms in total. The van der Waals surface area contributed by atoms with E-state index in [9.17, 15) is 14.4 Å². The number of hydrogen-bond donors (Lipinski definition) is 2. The second kappa shape index (κ2) is 8.64. The van der Waals surface area contributed by atoms with Crippen molar-refractivity contribution in [2.45, 2.75) is 58.4 Å². The van der Waals surface area contributed by atoms with Gasteiger partial charge in [0, 0.05) is 6.42 Å². The van der Waals surface area contributed by atoms with Gasteiger partial charge < -0.3 is 15.8 Å². The smallest absolute Gasteiger partial charge is 0.306 e. The van der Waals surface area contributed by atoms with Crippen LogP contribution in [0.1, 0.15) is 52.4 Å². The summed E-state index contributed by atoms with van der Waals surface area (Å²) in [5.41, 5.74) is 5.34. The van der Waals surface area contributed by atoms with Gasteiger partial charge in [-0.1, -0.05) is 19.8 Å². The lowest BCUT2D eigenvalue weighted by Gasteiger charge is -2.22. The number of nitrogens with one attached hydrogen (secondary N) is 1. The highest BCUT2D eigenvalue weighted by atomic mass is 16.5. The lowest BCUT2D eigenvalue weighted by molar-refractivity contribution is -0.145. The number of esters is 1. The minimum Gasteiger partial charge on any atom is -0.466 e. The molecule has 3 N–H and O–H groups in total. The summed E-state index contributed by atoms with van der Waals surface area (Å²) in [4.78, 5) is 35.0. The van der Waals surface area contributed by atoms with Crippen LogP contribution in [0.3, 0.4) is 0 Å². The monoisotopic (exact) mass is 298 g/mol. The number of rotatable bonds is 8. The Morgan fingerprint density at radius 1 is 1.29 bits per heavy atom. The van der Waals surface area contributed by atoms with E-state index in [2.05, 4.69) is 5.32 Å². The number of carbonyl (C=O) groups excluding carboxylic acids is 3. The van der Waals surface area contributed by atoms with Crippen LogP contribution >= 0.6 is 0 Å². The van der Waals surface area contributed by atoms with Crippen LogP contribution in [-0.2, 0) is 19.1 Å². The summed E-state index contributed by atoms with van der Waals surface area (Å²) >= 11 is 0. The van der Waals surface area contributed by atoms with E-state index < -0.39 is 11.9 Å². The molecule has 0 radical (unpaired) electrons. The molecule has 0 spiro atoms. The summed E-state index contributed by atoms with van der Waals surface area (Å²) in [7, 11) is 0. The highest BCUT2D eigenvalue weighted by molar-refractivity contribution is 5.87. The van der Waals surface area contributed by atoms with Crippen LogP contribution in [0.15, 0.2) is 0 Å². The second-order valence-corrected chi connectivity index (χ2v) is 5.79. The molecule has 0 heterocycles. The van der Waals surface area contributed by atoms with Crippen LogP contribution in [0, 0.1) is 11.8 Å². The maximum atomic E-state index is 12.0. The van der Waals surface area contributed by atoms with Crippen molar-refractivity contribution in [1.82, 2.24) is 5.32 Å². The first kappa shape index (κ1) is 17.5. The summed E-state index contributed by atoms with van der Waals surface area (Å²) in [6, 6.07) is -0.830. The van der Waals surface area contributed by atoms with Gasteiger partial charge in [-0.2, -0.15) is 0 Å². The molecular formula is C15H26N2O4. The summed E-state index contributed by atoms with van der Waals surface area (Å²) in [5, 5.41) is 2.67. The van der Waals surface area contributed by atoms with Crippen molar-refractivity contribution in [3.8, 4) is 0 Å². The molecule has 0 aromatic rings. The molecule has 0 bridgehead atoms. The van der Waals surface area contributed by atoms with Crippen LogP contribution < -0.4 is 11.1 Å². The average molecular weight is 298 g/mol. The van der Waals surface area contributed by atoms with Crippen molar-refractivity contribution in [2.75, 3.05) is 6.61 Å². The third-order valence-electron chi connectivity index (χ3n) is 3.93. The standard InChI is InChI=1S/C15H26N2O4/c1-3-21-13(19)8-10(2)14(15(16)20)17-12(18)9-11-6-4-5-7-11/h10-11,14H,3-9H2,1-2H3,(H2,16,20)(H,17,18)/t10-,14-/m0/s1. The molecule has 0 aromatic heterocycles. The maximum absolute atomic E-state index is 12.0. The van der Waals surface area contributed by atoms with Gasteiger partial charge in [-0.15, -0.1) is 0 Å². The van der Waals surface area contributed by atoms with E-state index in [1.54, 1.807) is 13.8 Å². The van der Waals surface area contributed by atoms with Crippen molar-refractivity contribution in [3.05, 3.63) is 0 Å². The number of hydrogen-bond acceptors (Lipinski definition) is 4. The molecule has 0 unspecified atom stereocenters. The zero-order valence-electron chi connectivity index (χ0n) is 12.9. The molecule has 2 amide bonds. The molecular weight excluding hydrogens is 272 g/mol. The summed E-state index contributed by atoms with van der Waals surface area (Å²) < 4.78 is 4.85. The maximum Gasteiger partial charge on any atom is 0.306 e. The molecule has 120 valence electrons. The Kier molecular flexibility index (Phi) is 7.19. The largest absolute Gasteiger partial charge is 0.466 e. The summed E-state index contributed by atoms with van der Waals surface area (Å²) in [5.74, 6) is -1.15. The number of amides is 2. The lowest BCUT2D eigenvalue weighted by atomic mass is 9.96. The van der Waals surface area contributed by atoms with Gasteiger partial charge >= 0.3 is 5.97 Å². The first-order valence-electron chi connectivity index (χ1n) is 7.68. The number of nitrogens with two attached hydrogens (primary N) is 1. The topological polar surface area (TPSA) is 98.5 Å². The number of ether oxygens (including phenoxy) is 1. The predicted molar refractivity (Wildman–Crippen MR) is 78.1 cm³/mol. The normalized spacial score (nSPS) is 18.0. The summed E-state index contributed by atoms with van der Waals surface area (Å²) in [6.45, 7) is 3.72. The fraction of sp³-hybridized carbons (Fsp3) is 0.800. The van der Waals surface area contributed by atoms with Crippen LogP contribution in [0.2, 0.25) is 0 Å². The van der Waals surface area contributed by atoms with Gasteiger partial charge in [-0.05, 0) is 31.6 Å². The van der Waals surface area contributed by atoms with Crippen LogP contribution in [0.25, 0.3) is 0 Å². The summed E-state index contributed by atoms with van der Waals surface area (Å²) in [6.07, 6.45) is 4.94. The molecule has 6 heteroatoms. The van der Waals surface area contributed by atoms with Gasteiger partial charge in [0.1, 0.15) is 6.04 Å². The van der Waals surface area contributed by atoms with Crippen molar-refractivity contribution in [1.29, 1.82) is 0 Å². The van der Waals surface area contributed by atoms with E-state index in [-0.39, 0.29) is 24.2 Å². The second-order valence-electron chi connectivity index (χ2n) is 5.79. The zero-order chi connectivity index (χ0) is 15.8. The number of carbonyl (C=O) groups is 3. The van der Waals surface area contributed by atoms with E-state index in [0.717, 1.165) is 25.7 Å². The molecule has 21 heavy (non-hydrogen) atoms. The fourth-order valence-electron chi connectivity index (χ4n) is 2.80. The molecule has 1 rings (SSSR count). The molecule has 0 saturated heterocycles. The van der Waals surface area contributed by atoms with Crippen LogP contribution in [-0.4, -0.2) is 30.4 Å². The molecule has 1 aliphatic rings. The van der Waals surface area contributed by atoms with E-state index in [0.29, 0.717) is 18.9 Å². The third-order valence-corrected chi connectivity index (χ3v) is 3.93. The van der Waals surface area contributed by atoms with E-state index in [1.165, 1.54) is 0 Å². The van der Waals surface area contributed by atoms with Gasteiger partial charge in [-0.25, -0.2) is 0 Å². The van der Waals surface area contributed by atoms with Gasteiger partial charge in [0.15, 0.2) is 0 Å². The Bertz CT molecular complexity index is 378. The van der Waals surface area contributed by atoms with Crippen molar-refractivity contribution >= 4 is 17.8 Å². The van der Waals surface area contributed by atoms with Crippen LogP contribution in [0.5, 0.6) is 0 Å². The Hall–Kier alpha value is -1.59. The van der Waals surface area contributed by atoms with E-state index in [1.807, 2.05) is 0 Å². The lowest BCUT2D eigenvalue weighted by Crippen LogP contribution is -2.49. The molecule has 2 atom stereocenters. The quantitative estimate of drug-likeness (QED) is 0.656. The number of primary amides is 1.